The highest BCUT2D eigenvalue weighted by molar-refractivity contribution is 8.00. The van der Waals surface area contributed by atoms with Gasteiger partial charge in [-0.2, -0.15) is 13.2 Å². The van der Waals surface area contributed by atoms with Crippen molar-refractivity contribution in [3.63, 3.8) is 0 Å². The second-order valence-corrected chi connectivity index (χ2v) is 10.4. The van der Waals surface area contributed by atoms with Gasteiger partial charge in [0.15, 0.2) is 4.34 Å². The number of carbonyl (C=O) groups is 1. The van der Waals surface area contributed by atoms with Crippen LogP contribution in [0.4, 0.5) is 18.3 Å². The standard InChI is InChI=1S/C19H13F3N4OS4/c1-10-14(30-16(23-10)11-4-6-12(7-5-11)19(20,21)22)15(27)24-17-25-26-18(31-17)29-9-13-3-2-8-28-13/h2-8H,9H2,1H3,(H,24,25,27). The number of aryl methyl sites for hydroxylation is 1. The van der Waals surface area contributed by atoms with E-state index in [1.54, 1.807) is 30.0 Å². The molecule has 4 aromatic rings. The summed E-state index contributed by atoms with van der Waals surface area (Å²) < 4.78 is 39.0. The van der Waals surface area contributed by atoms with Crippen molar-refractivity contribution in [3.05, 3.63) is 62.8 Å². The molecule has 0 aliphatic heterocycles. The number of alkyl halides is 3. The molecule has 0 aliphatic rings. The van der Waals surface area contributed by atoms with Crippen molar-refractivity contribution in [3.8, 4) is 10.6 Å². The third-order valence-electron chi connectivity index (χ3n) is 4.01. The summed E-state index contributed by atoms with van der Waals surface area (Å²) in [6, 6.07) is 8.74. The maximum atomic E-state index is 12.7. The Hall–Kier alpha value is -2.28. The number of aromatic nitrogens is 3. The molecular weight excluding hydrogens is 485 g/mol. The van der Waals surface area contributed by atoms with Crippen LogP contribution >= 0.6 is 45.8 Å². The summed E-state index contributed by atoms with van der Waals surface area (Å²) in [7, 11) is 0. The van der Waals surface area contributed by atoms with Crippen LogP contribution in [-0.4, -0.2) is 21.1 Å². The van der Waals surface area contributed by atoms with Crippen LogP contribution in [0.5, 0.6) is 0 Å². The van der Waals surface area contributed by atoms with E-state index in [2.05, 4.69) is 20.5 Å². The normalized spacial score (nSPS) is 11.6. The minimum atomic E-state index is -4.40. The molecule has 0 unspecified atom stereocenters. The minimum Gasteiger partial charge on any atom is -0.296 e. The Morgan fingerprint density at radius 3 is 2.58 bits per heavy atom. The topological polar surface area (TPSA) is 67.8 Å². The van der Waals surface area contributed by atoms with Crippen molar-refractivity contribution in [1.29, 1.82) is 0 Å². The van der Waals surface area contributed by atoms with Gasteiger partial charge in [-0.15, -0.1) is 32.9 Å². The Morgan fingerprint density at radius 1 is 1.13 bits per heavy atom. The molecule has 0 atom stereocenters. The molecule has 31 heavy (non-hydrogen) atoms. The number of hydrogen-bond donors (Lipinski definition) is 1. The Balaban J connectivity index is 1.43. The third-order valence-corrected chi connectivity index (χ3v) is 8.29. The van der Waals surface area contributed by atoms with E-state index in [0.717, 1.165) is 33.6 Å². The number of hydrogen-bond acceptors (Lipinski definition) is 8. The van der Waals surface area contributed by atoms with Crippen LogP contribution in [0.25, 0.3) is 10.6 Å². The van der Waals surface area contributed by atoms with Crippen molar-refractivity contribution in [1.82, 2.24) is 15.2 Å². The molecular formula is C19H13F3N4OS4. The van der Waals surface area contributed by atoms with E-state index in [1.165, 1.54) is 28.3 Å². The second kappa shape index (κ2) is 9.07. The number of anilines is 1. The molecule has 0 fully saturated rings. The zero-order valence-electron chi connectivity index (χ0n) is 15.8. The molecule has 12 heteroatoms. The lowest BCUT2D eigenvalue weighted by Gasteiger charge is -2.06. The molecule has 1 aromatic carbocycles. The van der Waals surface area contributed by atoms with Gasteiger partial charge in [-0.05, 0) is 30.5 Å². The molecule has 5 nitrogen and oxygen atoms in total. The first kappa shape index (κ1) is 21.9. The van der Waals surface area contributed by atoms with E-state index in [1.807, 2.05) is 17.5 Å². The van der Waals surface area contributed by atoms with Crippen molar-refractivity contribution in [2.75, 3.05) is 5.32 Å². The number of rotatable bonds is 6. The summed E-state index contributed by atoms with van der Waals surface area (Å²) in [5.41, 5.74) is 0.282. The molecule has 0 saturated heterocycles. The summed E-state index contributed by atoms with van der Waals surface area (Å²) in [5.74, 6) is 0.407. The van der Waals surface area contributed by atoms with Crippen molar-refractivity contribution < 1.29 is 18.0 Å². The quantitative estimate of drug-likeness (QED) is 0.240. The minimum absolute atomic E-state index is 0.373. The molecule has 160 valence electrons. The summed E-state index contributed by atoms with van der Waals surface area (Å²) >= 11 is 5.61. The van der Waals surface area contributed by atoms with Crippen LogP contribution in [0.1, 0.15) is 25.8 Å². The van der Waals surface area contributed by atoms with Crippen LogP contribution in [0.3, 0.4) is 0 Å². The number of thiazole rings is 1. The number of nitrogens with zero attached hydrogens (tertiary/aromatic N) is 3. The van der Waals surface area contributed by atoms with Gasteiger partial charge < -0.3 is 0 Å². The van der Waals surface area contributed by atoms with E-state index in [0.29, 0.717) is 26.3 Å². The van der Waals surface area contributed by atoms with Gasteiger partial charge in [0.2, 0.25) is 5.13 Å². The number of benzene rings is 1. The molecule has 0 aliphatic carbocycles. The highest BCUT2D eigenvalue weighted by Crippen LogP contribution is 2.34. The zero-order valence-corrected chi connectivity index (χ0v) is 19.0. The molecule has 0 bridgehead atoms. The zero-order chi connectivity index (χ0) is 22.0. The SMILES string of the molecule is Cc1nc(-c2ccc(C(F)(F)F)cc2)sc1C(=O)Nc1nnc(SCc2cccs2)s1. The summed E-state index contributed by atoms with van der Waals surface area (Å²) in [6.45, 7) is 1.68. The fourth-order valence-corrected chi connectivity index (χ4v) is 6.02. The third kappa shape index (κ3) is 5.32. The lowest BCUT2D eigenvalue weighted by Crippen LogP contribution is -2.11. The predicted molar refractivity (Wildman–Crippen MR) is 119 cm³/mol. The molecule has 3 aromatic heterocycles. The van der Waals surface area contributed by atoms with Gasteiger partial charge in [0.25, 0.3) is 5.91 Å². The molecule has 1 amide bonds. The molecule has 1 N–H and O–H groups in total. The summed E-state index contributed by atoms with van der Waals surface area (Å²) in [5, 5.41) is 13.7. The van der Waals surface area contributed by atoms with Gasteiger partial charge in [0.05, 0.1) is 11.3 Å². The van der Waals surface area contributed by atoms with Gasteiger partial charge in [0, 0.05) is 16.2 Å². The number of nitrogens with one attached hydrogen (secondary N) is 1. The first-order chi connectivity index (χ1) is 14.8. The lowest BCUT2D eigenvalue weighted by atomic mass is 10.1. The highest BCUT2D eigenvalue weighted by Gasteiger charge is 2.30. The van der Waals surface area contributed by atoms with Crippen molar-refractivity contribution >= 4 is 56.8 Å². The average Bonchev–Trinajstić information content (AvgIpc) is 3.47. The number of thiophene rings is 1. The number of carbonyl (C=O) groups excluding carboxylic acids is 1. The van der Waals surface area contributed by atoms with E-state index in [4.69, 9.17) is 0 Å². The van der Waals surface area contributed by atoms with E-state index < -0.39 is 11.7 Å². The predicted octanol–water partition coefficient (Wildman–Crippen LogP) is 6.59. The van der Waals surface area contributed by atoms with Gasteiger partial charge in [0.1, 0.15) is 9.88 Å². The molecule has 0 radical (unpaired) electrons. The van der Waals surface area contributed by atoms with Crippen LogP contribution in [0.15, 0.2) is 46.1 Å². The van der Waals surface area contributed by atoms with Gasteiger partial charge >= 0.3 is 6.18 Å². The number of thioether (sulfide) groups is 1. The Labute approximate surface area is 191 Å². The highest BCUT2D eigenvalue weighted by atomic mass is 32.2. The van der Waals surface area contributed by atoms with Crippen LogP contribution in [-0.2, 0) is 11.9 Å². The van der Waals surface area contributed by atoms with E-state index >= 15 is 0 Å². The fourth-order valence-electron chi connectivity index (χ4n) is 2.53. The van der Waals surface area contributed by atoms with Gasteiger partial charge in [-0.1, -0.05) is 41.3 Å². The Bertz CT molecular complexity index is 1180. The smallest absolute Gasteiger partial charge is 0.296 e. The molecule has 0 spiro atoms. The maximum Gasteiger partial charge on any atom is 0.416 e. The Morgan fingerprint density at radius 2 is 1.90 bits per heavy atom. The molecule has 3 heterocycles. The Kier molecular flexibility index (Phi) is 6.42. The van der Waals surface area contributed by atoms with Crippen LogP contribution in [0, 0.1) is 6.92 Å². The van der Waals surface area contributed by atoms with E-state index in [9.17, 15) is 18.0 Å². The fraction of sp³-hybridized carbons (Fsp3) is 0.158. The lowest BCUT2D eigenvalue weighted by molar-refractivity contribution is -0.137. The first-order valence-electron chi connectivity index (χ1n) is 8.74. The molecule has 4 rings (SSSR count). The number of halogens is 3. The van der Waals surface area contributed by atoms with Gasteiger partial charge in [-0.3, -0.25) is 10.1 Å². The molecule has 0 saturated carbocycles. The summed E-state index contributed by atoms with van der Waals surface area (Å²) in [6.07, 6.45) is -4.40. The van der Waals surface area contributed by atoms with Crippen molar-refractivity contribution in [2.24, 2.45) is 0 Å². The van der Waals surface area contributed by atoms with Gasteiger partial charge in [-0.25, -0.2) is 4.98 Å². The largest absolute Gasteiger partial charge is 0.416 e. The second-order valence-electron chi connectivity index (χ2n) is 6.20. The summed E-state index contributed by atoms with van der Waals surface area (Å²) in [4.78, 5) is 18.6. The number of amides is 1. The average molecular weight is 499 g/mol. The van der Waals surface area contributed by atoms with Crippen LogP contribution in [0.2, 0.25) is 0 Å². The maximum absolute atomic E-state index is 12.7. The first-order valence-corrected chi connectivity index (χ1v) is 12.2. The van der Waals surface area contributed by atoms with Crippen molar-refractivity contribution in [2.45, 2.75) is 23.2 Å². The van der Waals surface area contributed by atoms with E-state index in [-0.39, 0.29) is 5.91 Å². The monoisotopic (exact) mass is 498 g/mol. The van der Waals surface area contributed by atoms with Crippen LogP contribution < -0.4 is 5.32 Å².